The van der Waals surface area contributed by atoms with E-state index < -0.39 is 29.5 Å². The van der Waals surface area contributed by atoms with E-state index in [0.717, 1.165) is 5.56 Å². The van der Waals surface area contributed by atoms with E-state index in [9.17, 15) is 24.0 Å². The van der Waals surface area contributed by atoms with E-state index in [1.807, 2.05) is 30.3 Å². The third-order valence-corrected chi connectivity index (χ3v) is 8.54. The van der Waals surface area contributed by atoms with Crippen molar-refractivity contribution in [3.8, 4) is 0 Å². The van der Waals surface area contributed by atoms with E-state index in [1.165, 1.54) is 21.9 Å². The Bertz CT molecular complexity index is 1990. The highest BCUT2D eigenvalue weighted by molar-refractivity contribution is 5.95. The summed E-state index contributed by atoms with van der Waals surface area (Å²) in [4.78, 5) is 68.4. The molecular weight excluding hydrogens is 699 g/mol. The van der Waals surface area contributed by atoms with Gasteiger partial charge in [-0.3, -0.25) is 19.3 Å². The fourth-order valence-corrected chi connectivity index (χ4v) is 5.80. The molecule has 3 aromatic carbocycles. The predicted octanol–water partition coefficient (Wildman–Crippen LogP) is 4.12. The summed E-state index contributed by atoms with van der Waals surface area (Å²) in [6, 6.07) is 20.5. The molecule has 1 aliphatic rings. The summed E-state index contributed by atoms with van der Waals surface area (Å²) >= 11 is 0. The van der Waals surface area contributed by atoms with Crippen molar-refractivity contribution in [2.45, 2.75) is 39.4 Å². The van der Waals surface area contributed by atoms with Crippen molar-refractivity contribution in [2.75, 3.05) is 59.0 Å². The normalized spacial score (nSPS) is 13.0. The molecule has 1 saturated heterocycles. The number of rotatable bonds is 13. The topological polar surface area (TPSA) is 163 Å². The second-order valence-electron chi connectivity index (χ2n) is 13.7. The summed E-state index contributed by atoms with van der Waals surface area (Å²) in [5.41, 5.74) is 0.962. The Balaban J connectivity index is 1.15. The Kier molecular flexibility index (Phi) is 13.3. The maximum atomic E-state index is 15.0. The molecule has 4 aromatic rings. The van der Waals surface area contributed by atoms with Gasteiger partial charge in [-0.25, -0.2) is 19.1 Å². The fraction of sp³-hybridized carbons (Fsp3) is 0.385. The molecule has 15 heteroatoms. The summed E-state index contributed by atoms with van der Waals surface area (Å²) in [5.74, 6) is -1.53. The van der Waals surface area contributed by atoms with Crippen molar-refractivity contribution >= 4 is 34.8 Å². The van der Waals surface area contributed by atoms with Gasteiger partial charge in [0, 0.05) is 51.1 Å². The lowest BCUT2D eigenvalue weighted by Crippen LogP contribution is -2.53. The number of piperazine rings is 1. The van der Waals surface area contributed by atoms with Gasteiger partial charge in [-0.05, 0) is 50.1 Å². The second-order valence-corrected chi connectivity index (χ2v) is 13.7. The van der Waals surface area contributed by atoms with Gasteiger partial charge in [0.15, 0.2) is 0 Å². The van der Waals surface area contributed by atoms with Gasteiger partial charge in [-0.15, -0.1) is 0 Å². The Morgan fingerprint density at radius 2 is 1.57 bits per heavy atom. The molecule has 0 bridgehead atoms. The Morgan fingerprint density at radius 1 is 0.889 bits per heavy atom. The standard InChI is InChI=1S/C39H45FN6O8/c1-39(2,3)54-37(50)41-15-21-52-22-20-46(38(51)53-26-27-9-5-4-6-10-27)25-34(47)44-16-18-45(19-17-44)36(49)31-23-28(13-14-32(31)40)24-33-29-11-7-8-12-30(29)35(48)43-42-33/h4-14,23H,15-22,24-26H2,1-3H3,(H,41,50)(H,43,48). The highest BCUT2D eigenvalue weighted by Gasteiger charge is 2.29. The van der Waals surface area contributed by atoms with E-state index in [1.54, 1.807) is 56.0 Å². The molecule has 4 amide bonds. The zero-order valence-corrected chi connectivity index (χ0v) is 30.6. The number of carbonyl (C=O) groups excluding carboxylic acids is 4. The molecule has 0 radical (unpaired) electrons. The van der Waals surface area contributed by atoms with Crippen molar-refractivity contribution in [3.63, 3.8) is 0 Å². The van der Waals surface area contributed by atoms with Crippen LogP contribution in [0.2, 0.25) is 0 Å². The molecule has 286 valence electrons. The van der Waals surface area contributed by atoms with E-state index in [2.05, 4.69) is 15.5 Å². The number of benzene rings is 3. The van der Waals surface area contributed by atoms with Crippen LogP contribution in [0.3, 0.4) is 0 Å². The highest BCUT2D eigenvalue weighted by atomic mass is 19.1. The lowest BCUT2D eigenvalue weighted by Gasteiger charge is -2.36. The Labute approximate surface area is 312 Å². The quantitative estimate of drug-likeness (QED) is 0.192. The smallest absolute Gasteiger partial charge is 0.410 e. The van der Waals surface area contributed by atoms with Crippen LogP contribution in [-0.2, 0) is 32.0 Å². The number of ether oxygens (including phenoxy) is 3. The number of carbonyl (C=O) groups is 4. The first-order valence-corrected chi connectivity index (χ1v) is 17.7. The molecule has 1 aliphatic heterocycles. The van der Waals surface area contributed by atoms with Crippen molar-refractivity contribution in [1.29, 1.82) is 0 Å². The number of aromatic amines is 1. The number of aromatic nitrogens is 2. The lowest BCUT2D eigenvalue weighted by atomic mass is 10.0. The Morgan fingerprint density at radius 3 is 2.30 bits per heavy atom. The molecule has 0 saturated carbocycles. The van der Waals surface area contributed by atoms with Crippen LogP contribution in [0.15, 0.2) is 77.6 Å². The van der Waals surface area contributed by atoms with Gasteiger partial charge < -0.3 is 29.3 Å². The van der Waals surface area contributed by atoms with Crippen LogP contribution in [0.4, 0.5) is 14.0 Å². The van der Waals surface area contributed by atoms with Crippen LogP contribution >= 0.6 is 0 Å². The molecule has 54 heavy (non-hydrogen) atoms. The molecule has 0 atom stereocenters. The van der Waals surface area contributed by atoms with Gasteiger partial charge in [-0.2, -0.15) is 5.10 Å². The molecule has 0 spiro atoms. The van der Waals surface area contributed by atoms with Gasteiger partial charge in [0.25, 0.3) is 11.5 Å². The monoisotopic (exact) mass is 744 g/mol. The number of hydrogen-bond acceptors (Lipinski definition) is 9. The van der Waals surface area contributed by atoms with Gasteiger partial charge in [0.1, 0.15) is 24.6 Å². The fourth-order valence-electron chi connectivity index (χ4n) is 5.80. The van der Waals surface area contributed by atoms with Crippen LogP contribution < -0.4 is 10.9 Å². The van der Waals surface area contributed by atoms with Crippen LogP contribution in [0, 0.1) is 5.82 Å². The number of H-pyrrole nitrogens is 1. The van der Waals surface area contributed by atoms with Gasteiger partial charge in [0.05, 0.1) is 29.9 Å². The third-order valence-electron chi connectivity index (χ3n) is 8.54. The first-order chi connectivity index (χ1) is 25.9. The van der Waals surface area contributed by atoms with Gasteiger partial charge in [-0.1, -0.05) is 54.6 Å². The minimum atomic E-state index is -0.697. The third kappa shape index (κ3) is 11.1. The lowest BCUT2D eigenvalue weighted by molar-refractivity contribution is -0.133. The van der Waals surface area contributed by atoms with Crippen molar-refractivity contribution in [1.82, 2.24) is 30.2 Å². The molecule has 0 aliphatic carbocycles. The minimum Gasteiger partial charge on any atom is -0.445 e. The van der Waals surface area contributed by atoms with Crippen molar-refractivity contribution in [3.05, 3.63) is 111 Å². The summed E-state index contributed by atoms with van der Waals surface area (Å²) in [7, 11) is 0. The summed E-state index contributed by atoms with van der Waals surface area (Å²) in [6.45, 7) is 6.15. The van der Waals surface area contributed by atoms with E-state index in [4.69, 9.17) is 14.2 Å². The second kappa shape index (κ2) is 18.3. The zero-order chi connectivity index (χ0) is 38.7. The van der Waals surface area contributed by atoms with E-state index >= 15 is 4.39 Å². The molecule has 2 heterocycles. The zero-order valence-electron chi connectivity index (χ0n) is 30.6. The highest BCUT2D eigenvalue weighted by Crippen LogP contribution is 2.20. The molecule has 0 unspecified atom stereocenters. The van der Waals surface area contributed by atoms with Crippen LogP contribution in [-0.4, -0.2) is 114 Å². The average molecular weight is 745 g/mol. The van der Waals surface area contributed by atoms with E-state index in [-0.39, 0.29) is 89.1 Å². The molecular formula is C39H45FN6O8. The molecule has 2 N–H and O–H groups in total. The summed E-state index contributed by atoms with van der Waals surface area (Å²) in [5, 5.41) is 10.4. The SMILES string of the molecule is CC(C)(C)OC(=O)NCCOCCN(CC(=O)N1CCN(C(=O)c2cc(Cc3n[nH]c(=O)c4ccccc34)ccc2F)CC1)C(=O)OCc1ccccc1. The first kappa shape index (κ1) is 39.4. The van der Waals surface area contributed by atoms with Gasteiger partial charge in [0.2, 0.25) is 5.91 Å². The minimum absolute atomic E-state index is 0.0154. The van der Waals surface area contributed by atoms with Crippen molar-refractivity contribution < 1.29 is 37.8 Å². The number of amides is 4. The number of hydrogen-bond donors (Lipinski definition) is 2. The predicted molar refractivity (Wildman–Crippen MR) is 197 cm³/mol. The average Bonchev–Trinajstić information content (AvgIpc) is 3.16. The largest absolute Gasteiger partial charge is 0.445 e. The molecule has 1 aromatic heterocycles. The number of nitrogens with zero attached hydrogens (tertiary/aromatic N) is 4. The molecule has 5 rings (SSSR count). The van der Waals surface area contributed by atoms with Crippen LogP contribution in [0.1, 0.15) is 48.0 Å². The first-order valence-electron chi connectivity index (χ1n) is 17.7. The number of fused-ring (bicyclic) bond motifs is 1. The van der Waals surface area contributed by atoms with E-state index in [0.29, 0.717) is 22.0 Å². The van der Waals surface area contributed by atoms with Crippen molar-refractivity contribution in [2.24, 2.45) is 0 Å². The Hall–Kier alpha value is -5.83. The number of halogens is 1. The summed E-state index contributed by atoms with van der Waals surface area (Å²) < 4.78 is 31.3. The molecule has 14 nitrogen and oxygen atoms in total. The van der Waals surface area contributed by atoms with Crippen LogP contribution in [0.25, 0.3) is 10.8 Å². The number of nitrogens with one attached hydrogen (secondary N) is 2. The van der Waals surface area contributed by atoms with Crippen LogP contribution in [0.5, 0.6) is 0 Å². The molecule has 1 fully saturated rings. The van der Waals surface area contributed by atoms with Gasteiger partial charge >= 0.3 is 12.2 Å². The maximum absolute atomic E-state index is 15.0. The summed E-state index contributed by atoms with van der Waals surface area (Å²) in [6.07, 6.45) is -1.01. The number of alkyl carbamates (subject to hydrolysis) is 1. The maximum Gasteiger partial charge on any atom is 0.410 e.